The van der Waals surface area contributed by atoms with Crippen molar-refractivity contribution in [3.63, 3.8) is 0 Å². The first-order valence-corrected chi connectivity index (χ1v) is 9.88. The predicted molar refractivity (Wildman–Crippen MR) is 106 cm³/mol. The number of nitrogens with zero attached hydrogens (tertiary/aromatic N) is 2. The fourth-order valence-electron chi connectivity index (χ4n) is 3.39. The second-order valence-electron chi connectivity index (χ2n) is 7.40. The molecule has 1 fully saturated rings. The summed E-state index contributed by atoms with van der Waals surface area (Å²) in [6, 6.07) is 11.7. The molecule has 1 aliphatic rings. The second kappa shape index (κ2) is 8.43. The van der Waals surface area contributed by atoms with Gasteiger partial charge in [0, 0.05) is 12.3 Å². The van der Waals surface area contributed by atoms with Crippen molar-refractivity contribution < 1.29 is 13.7 Å². The highest BCUT2D eigenvalue weighted by molar-refractivity contribution is 5.94. The molecule has 4 rings (SSSR count). The van der Waals surface area contributed by atoms with Crippen molar-refractivity contribution in [3.8, 4) is 0 Å². The molecule has 1 N–H and O–H groups in total. The van der Waals surface area contributed by atoms with Crippen molar-refractivity contribution in [2.45, 2.75) is 51.5 Å². The quantitative estimate of drug-likeness (QED) is 0.661. The molecule has 1 amide bonds. The van der Waals surface area contributed by atoms with Gasteiger partial charge in [-0.05, 0) is 43.4 Å². The molecule has 0 spiro atoms. The van der Waals surface area contributed by atoms with Crippen LogP contribution >= 0.6 is 0 Å². The van der Waals surface area contributed by atoms with E-state index < -0.39 is 11.5 Å². The third kappa shape index (κ3) is 4.45. The van der Waals surface area contributed by atoms with E-state index >= 15 is 0 Å². The van der Waals surface area contributed by atoms with Crippen LogP contribution < -0.4 is 10.9 Å². The number of amides is 1. The second-order valence-corrected chi connectivity index (χ2v) is 7.40. The molecule has 7 nitrogen and oxygen atoms in total. The number of aryl methyl sites for hydroxylation is 3. The molecule has 1 saturated carbocycles. The van der Waals surface area contributed by atoms with E-state index in [9.17, 15) is 9.59 Å². The van der Waals surface area contributed by atoms with Gasteiger partial charge < -0.3 is 14.3 Å². The average molecular weight is 393 g/mol. The van der Waals surface area contributed by atoms with Crippen LogP contribution in [0.25, 0.3) is 0 Å². The van der Waals surface area contributed by atoms with E-state index in [0.717, 1.165) is 24.8 Å². The SMILES string of the molecule is Cc1cc(CCc2ccccc2)oc(=O)c1C(=O)NCc1noc(C2CCC2)n1. The minimum atomic E-state index is -0.631. The Hall–Kier alpha value is -3.22. The fraction of sp³-hybridized carbons (Fsp3) is 0.364. The number of carbonyl (C=O) groups excluding carboxylic acids is 1. The van der Waals surface area contributed by atoms with Crippen LogP contribution in [0.5, 0.6) is 0 Å². The Morgan fingerprint density at radius 1 is 1.21 bits per heavy atom. The molecule has 0 aliphatic heterocycles. The van der Waals surface area contributed by atoms with Crippen LogP contribution in [-0.2, 0) is 19.4 Å². The summed E-state index contributed by atoms with van der Waals surface area (Å²) in [7, 11) is 0. The largest absolute Gasteiger partial charge is 0.427 e. The number of benzene rings is 1. The van der Waals surface area contributed by atoms with Gasteiger partial charge in [0.15, 0.2) is 5.82 Å². The van der Waals surface area contributed by atoms with E-state index in [1.165, 1.54) is 6.42 Å². The molecule has 7 heteroatoms. The first-order chi connectivity index (χ1) is 14.1. The molecule has 1 aliphatic carbocycles. The summed E-state index contributed by atoms with van der Waals surface area (Å²) in [5, 5.41) is 6.57. The Balaban J connectivity index is 1.38. The normalized spacial score (nSPS) is 13.8. The minimum absolute atomic E-state index is 0.0103. The van der Waals surface area contributed by atoms with Crippen LogP contribution in [0.3, 0.4) is 0 Å². The van der Waals surface area contributed by atoms with Gasteiger partial charge in [0.05, 0.1) is 6.54 Å². The number of hydrogen-bond donors (Lipinski definition) is 1. The predicted octanol–water partition coefficient (Wildman–Crippen LogP) is 3.31. The Kier molecular flexibility index (Phi) is 5.55. The molecule has 2 aromatic heterocycles. The Labute approximate surface area is 168 Å². The highest BCUT2D eigenvalue weighted by Gasteiger charge is 2.25. The van der Waals surface area contributed by atoms with Crippen molar-refractivity contribution in [1.82, 2.24) is 15.5 Å². The monoisotopic (exact) mass is 393 g/mol. The van der Waals surface area contributed by atoms with Crippen molar-refractivity contribution in [3.05, 3.63) is 81.0 Å². The standard InChI is InChI=1S/C22H23N3O4/c1-14-12-17(11-10-15-6-3-2-4-7-15)28-22(27)19(14)20(26)23-13-18-24-21(29-25-18)16-8-5-9-16/h2-4,6-7,12,16H,5,8-11,13H2,1H3,(H,23,26). The number of aromatic nitrogens is 2. The summed E-state index contributed by atoms with van der Waals surface area (Å²) in [5.74, 6) is 1.43. The van der Waals surface area contributed by atoms with E-state index in [1.54, 1.807) is 13.0 Å². The summed E-state index contributed by atoms with van der Waals surface area (Å²) in [4.78, 5) is 29.2. The van der Waals surface area contributed by atoms with Crippen molar-refractivity contribution in [1.29, 1.82) is 0 Å². The highest BCUT2D eigenvalue weighted by atomic mass is 16.5. The zero-order valence-electron chi connectivity index (χ0n) is 16.3. The fourth-order valence-corrected chi connectivity index (χ4v) is 3.39. The number of nitrogens with one attached hydrogen (secondary N) is 1. The van der Waals surface area contributed by atoms with Gasteiger partial charge in [-0.15, -0.1) is 0 Å². The van der Waals surface area contributed by atoms with Gasteiger partial charge in [-0.1, -0.05) is 41.9 Å². The third-order valence-electron chi connectivity index (χ3n) is 5.27. The number of rotatable bonds is 7. The molecule has 150 valence electrons. The molecule has 0 unspecified atom stereocenters. The lowest BCUT2D eigenvalue weighted by Crippen LogP contribution is -2.29. The van der Waals surface area contributed by atoms with Crippen molar-refractivity contribution >= 4 is 5.91 Å². The van der Waals surface area contributed by atoms with Crippen LogP contribution in [0.4, 0.5) is 0 Å². The van der Waals surface area contributed by atoms with Gasteiger partial charge >= 0.3 is 5.63 Å². The van der Waals surface area contributed by atoms with E-state index in [1.807, 2.05) is 30.3 Å². The summed E-state index contributed by atoms with van der Waals surface area (Å²) < 4.78 is 10.6. The zero-order valence-corrected chi connectivity index (χ0v) is 16.3. The average Bonchev–Trinajstić information content (AvgIpc) is 3.12. The smallest absolute Gasteiger partial charge is 0.349 e. The molecule has 0 atom stereocenters. The Morgan fingerprint density at radius 3 is 2.69 bits per heavy atom. The lowest BCUT2D eigenvalue weighted by Gasteiger charge is -2.20. The first kappa shape index (κ1) is 19.1. The molecule has 0 bridgehead atoms. The van der Waals surface area contributed by atoms with E-state index in [-0.39, 0.29) is 12.1 Å². The summed E-state index contributed by atoms with van der Waals surface area (Å²) in [6.45, 7) is 1.84. The van der Waals surface area contributed by atoms with Gasteiger partial charge in [-0.3, -0.25) is 4.79 Å². The minimum Gasteiger partial charge on any atom is -0.427 e. The highest BCUT2D eigenvalue weighted by Crippen LogP contribution is 2.35. The molecular formula is C22H23N3O4. The molecule has 0 radical (unpaired) electrons. The van der Waals surface area contributed by atoms with Gasteiger partial charge in [0.25, 0.3) is 5.91 Å². The maximum Gasteiger partial charge on any atom is 0.349 e. The zero-order chi connectivity index (χ0) is 20.2. The lowest BCUT2D eigenvalue weighted by molar-refractivity contribution is 0.0944. The van der Waals surface area contributed by atoms with Crippen LogP contribution in [0.2, 0.25) is 0 Å². The molecular weight excluding hydrogens is 370 g/mol. The Morgan fingerprint density at radius 2 is 2.00 bits per heavy atom. The van der Waals surface area contributed by atoms with Crippen LogP contribution in [0.15, 0.2) is 50.1 Å². The van der Waals surface area contributed by atoms with Gasteiger partial charge in [-0.25, -0.2) is 4.79 Å². The van der Waals surface area contributed by atoms with Crippen LogP contribution in [0, 0.1) is 6.92 Å². The first-order valence-electron chi connectivity index (χ1n) is 9.88. The lowest BCUT2D eigenvalue weighted by atomic mass is 9.85. The Bertz CT molecular complexity index is 1050. The molecule has 2 heterocycles. The van der Waals surface area contributed by atoms with Crippen LogP contribution in [0.1, 0.15) is 64.1 Å². The van der Waals surface area contributed by atoms with Gasteiger partial charge in [0.2, 0.25) is 5.89 Å². The van der Waals surface area contributed by atoms with Gasteiger partial charge in [-0.2, -0.15) is 4.98 Å². The molecule has 1 aromatic carbocycles. The van der Waals surface area contributed by atoms with E-state index in [2.05, 4.69) is 15.5 Å². The maximum absolute atomic E-state index is 12.5. The summed E-state index contributed by atoms with van der Waals surface area (Å²) in [6.07, 6.45) is 4.65. The van der Waals surface area contributed by atoms with Crippen molar-refractivity contribution in [2.75, 3.05) is 0 Å². The van der Waals surface area contributed by atoms with E-state index in [0.29, 0.717) is 35.4 Å². The summed E-state index contributed by atoms with van der Waals surface area (Å²) >= 11 is 0. The topological polar surface area (TPSA) is 98.2 Å². The maximum atomic E-state index is 12.5. The molecule has 3 aromatic rings. The van der Waals surface area contributed by atoms with E-state index in [4.69, 9.17) is 8.94 Å². The summed E-state index contributed by atoms with van der Waals surface area (Å²) in [5.41, 5.74) is 1.13. The molecule has 29 heavy (non-hydrogen) atoms. The third-order valence-corrected chi connectivity index (χ3v) is 5.27. The molecule has 0 saturated heterocycles. The number of carbonyl (C=O) groups is 1. The number of hydrogen-bond acceptors (Lipinski definition) is 6. The van der Waals surface area contributed by atoms with Crippen LogP contribution in [-0.4, -0.2) is 16.0 Å². The van der Waals surface area contributed by atoms with Crippen molar-refractivity contribution in [2.24, 2.45) is 0 Å². The van der Waals surface area contributed by atoms with Gasteiger partial charge in [0.1, 0.15) is 11.3 Å².